The molecule has 3 aromatic rings. The van der Waals surface area contributed by atoms with Gasteiger partial charge in [-0.15, -0.1) is 0 Å². The van der Waals surface area contributed by atoms with Crippen LogP contribution in [-0.4, -0.2) is 11.6 Å². The molecule has 0 spiro atoms. The van der Waals surface area contributed by atoms with Gasteiger partial charge in [-0.2, -0.15) is 0 Å². The number of carbonyl (C=O) groups is 1. The quantitative estimate of drug-likeness (QED) is 0.456. The first-order valence-corrected chi connectivity index (χ1v) is 11.0. The number of benzene rings is 3. The van der Waals surface area contributed by atoms with Crippen molar-refractivity contribution in [3.63, 3.8) is 0 Å². The van der Waals surface area contributed by atoms with Gasteiger partial charge in [0.05, 0.1) is 11.4 Å². The number of hydrogen-bond donors (Lipinski definition) is 1. The molecule has 2 heterocycles. The molecule has 1 amide bonds. The minimum Gasteiger partial charge on any atom is -0.410 e. The van der Waals surface area contributed by atoms with E-state index in [2.05, 4.69) is 26.1 Å². The summed E-state index contributed by atoms with van der Waals surface area (Å²) in [6, 6.07) is 21.7. The van der Waals surface area contributed by atoms with E-state index in [0.717, 1.165) is 33.3 Å². The highest BCUT2D eigenvalue weighted by atomic mass is 32.2. The lowest BCUT2D eigenvalue weighted by atomic mass is 9.82. The van der Waals surface area contributed by atoms with E-state index in [9.17, 15) is 4.79 Å². The zero-order valence-electron chi connectivity index (χ0n) is 17.3. The summed E-state index contributed by atoms with van der Waals surface area (Å²) in [4.78, 5) is 17.1. The summed E-state index contributed by atoms with van der Waals surface area (Å²) in [5.74, 6) is 0.961. The Hall–Kier alpha value is -2.92. The zero-order valence-corrected chi connectivity index (χ0v) is 18.1. The van der Waals surface area contributed by atoms with Gasteiger partial charge in [0.1, 0.15) is 5.75 Å². The number of amides is 1. The van der Waals surface area contributed by atoms with Crippen LogP contribution in [0.3, 0.4) is 0 Å². The Morgan fingerprint density at radius 1 is 1.03 bits per heavy atom. The van der Waals surface area contributed by atoms with E-state index >= 15 is 0 Å². The third-order valence-electron chi connectivity index (χ3n) is 5.66. The molecular weight excluding hydrogens is 392 g/mol. The summed E-state index contributed by atoms with van der Waals surface area (Å²) in [5.41, 5.74) is 4.06. The van der Waals surface area contributed by atoms with Gasteiger partial charge in [-0.3, -0.25) is 0 Å². The van der Waals surface area contributed by atoms with Crippen molar-refractivity contribution in [1.29, 1.82) is 0 Å². The van der Waals surface area contributed by atoms with E-state index in [-0.39, 0.29) is 5.54 Å². The van der Waals surface area contributed by atoms with Gasteiger partial charge < -0.3 is 10.1 Å². The van der Waals surface area contributed by atoms with E-state index in [4.69, 9.17) is 4.74 Å². The summed E-state index contributed by atoms with van der Waals surface area (Å²) in [5, 5.41) is 3.58. The molecule has 4 nitrogen and oxygen atoms in total. The Bertz CT molecular complexity index is 1100. The smallest absolute Gasteiger partial charge is 0.410 e. The molecule has 0 fully saturated rings. The number of nitrogens with zero attached hydrogens (tertiary/aromatic N) is 1. The van der Waals surface area contributed by atoms with Crippen LogP contribution < -0.4 is 15.0 Å². The number of anilines is 3. The highest BCUT2D eigenvalue weighted by Crippen LogP contribution is 2.48. The number of nitrogens with one attached hydrogen (secondary N) is 1. The Labute approximate surface area is 181 Å². The highest BCUT2D eigenvalue weighted by Gasteiger charge is 2.31. The van der Waals surface area contributed by atoms with Crippen molar-refractivity contribution in [2.45, 2.75) is 48.4 Å². The van der Waals surface area contributed by atoms with Gasteiger partial charge in [0.25, 0.3) is 0 Å². The Balaban J connectivity index is 1.48. The normalized spacial score (nSPS) is 18.5. The van der Waals surface area contributed by atoms with Gasteiger partial charge in [-0.25, -0.2) is 9.69 Å². The molecule has 0 aromatic heterocycles. The lowest BCUT2D eigenvalue weighted by molar-refractivity contribution is 0.210. The van der Waals surface area contributed by atoms with E-state index in [1.54, 1.807) is 16.7 Å². The number of fused-ring (bicyclic) bond motifs is 3. The summed E-state index contributed by atoms with van der Waals surface area (Å²) in [6.07, 6.45) is 0.633. The van der Waals surface area contributed by atoms with E-state index in [0.29, 0.717) is 11.7 Å². The Kier molecular flexibility index (Phi) is 4.51. The maximum atomic E-state index is 13.3. The Morgan fingerprint density at radius 3 is 2.33 bits per heavy atom. The molecule has 1 atom stereocenters. The first kappa shape index (κ1) is 19.1. The largest absolute Gasteiger partial charge is 0.424 e. The SMILES string of the molecule is C[C@@H]1CC(C)(C)Nc2ccc(OC(=O)N3c4ccccc4Sc4ccccc43)cc21. The van der Waals surface area contributed by atoms with Crippen molar-refractivity contribution < 1.29 is 9.53 Å². The summed E-state index contributed by atoms with van der Waals surface area (Å²) in [6.45, 7) is 6.65. The third kappa shape index (κ3) is 3.33. The monoisotopic (exact) mass is 416 g/mol. The minimum absolute atomic E-state index is 0.0590. The average molecular weight is 417 g/mol. The number of ether oxygens (including phenoxy) is 1. The zero-order chi connectivity index (χ0) is 20.9. The second-order valence-corrected chi connectivity index (χ2v) is 9.69. The topological polar surface area (TPSA) is 41.6 Å². The number of hydrogen-bond acceptors (Lipinski definition) is 4. The number of para-hydroxylation sites is 2. The van der Waals surface area contributed by atoms with E-state index in [1.165, 1.54) is 5.56 Å². The first-order chi connectivity index (χ1) is 14.4. The predicted octanol–water partition coefficient (Wildman–Crippen LogP) is 7.19. The van der Waals surface area contributed by atoms with Gasteiger partial charge in [0.2, 0.25) is 0 Å². The molecule has 5 rings (SSSR count). The molecule has 0 saturated carbocycles. The molecular formula is C25H24N2O2S. The van der Waals surface area contributed by atoms with Crippen molar-refractivity contribution in [1.82, 2.24) is 0 Å². The van der Waals surface area contributed by atoms with Crippen LogP contribution in [0.2, 0.25) is 0 Å². The third-order valence-corrected chi connectivity index (χ3v) is 6.79. The number of carbonyl (C=O) groups excluding carboxylic acids is 1. The maximum Gasteiger partial charge on any atom is 0.424 e. The first-order valence-electron chi connectivity index (χ1n) is 10.2. The maximum absolute atomic E-state index is 13.3. The average Bonchev–Trinajstić information content (AvgIpc) is 2.71. The molecule has 0 aliphatic carbocycles. The fourth-order valence-electron chi connectivity index (χ4n) is 4.46. The molecule has 152 valence electrons. The van der Waals surface area contributed by atoms with Gasteiger partial charge in [0.15, 0.2) is 0 Å². The van der Waals surface area contributed by atoms with Crippen molar-refractivity contribution in [2.75, 3.05) is 10.2 Å². The summed E-state index contributed by atoms with van der Waals surface area (Å²) >= 11 is 1.67. The lowest BCUT2D eigenvalue weighted by Gasteiger charge is -2.37. The predicted molar refractivity (Wildman–Crippen MR) is 122 cm³/mol. The van der Waals surface area contributed by atoms with Crippen molar-refractivity contribution in [3.05, 3.63) is 72.3 Å². The Morgan fingerprint density at radius 2 is 1.67 bits per heavy atom. The number of rotatable bonds is 1. The standard InChI is InChI=1S/C25H24N2O2S/c1-16-15-25(2,3)26-19-13-12-17(14-18(16)19)29-24(28)27-20-8-4-6-10-22(20)30-23-11-7-5-9-21(23)27/h4-14,16,26H,15H2,1-3H3/t16-/m1/s1. The molecule has 0 unspecified atom stereocenters. The highest BCUT2D eigenvalue weighted by molar-refractivity contribution is 7.99. The summed E-state index contributed by atoms with van der Waals surface area (Å²) < 4.78 is 5.88. The van der Waals surface area contributed by atoms with Crippen LogP contribution in [0.5, 0.6) is 5.75 Å². The van der Waals surface area contributed by atoms with Crippen LogP contribution in [-0.2, 0) is 0 Å². The van der Waals surface area contributed by atoms with Gasteiger partial charge in [-0.1, -0.05) is 43.0 Å². The molecule has 1 N–H and O–H groups in total. The van der Waals surface area contributed by atoms with Gasteiger partial charge in [-0.05, 0) is 74.2 Å². The van der Waals surface area contributed by atoms with Crippen molar-refractivity contribution >= 4 is 34.9 Å². The fourth-order valence-corrected chi connectivity index (χ4v) is 5.52. The van der Waals surface area contributed by atoms with Gasteiger partial charge in [0, 0.05) is 21.0 Å². The lowest BCUT2D eigenvalue weighted by Crippen LogP contribution is -2.36. The molecule has 0 saturated heterocycles. The minimum atomic E-state index is -0.396. The second-order valence-electron chi connectivity index (χ2n) is 8.60. The van der Waals surface area contributed by atoms with Crippen LogP contribution in [0.4, 0.5) is 21.9 Å². The van der Waals surface area contributed by atoms with Crippen LogP contribution in [0.25, 0.3) is 0 Å². The van der Waals surface area contributed by atoms with Crippen LogP contribution in [0.15, 0.2) is 76.5 Å². The van der Waals surface area contributed by atoms with Crippen LogP contribution in [0.1, 0.15) is 38.7 Å². The van der Waals surface area contributed by atoms with E-state index < -0.39 is 6.09 Å². The van der Waals surface area contributed by atoms with Crippen molar-refractivity contribution in [2.24, 2.45) is 0 Å². The van der Waals surface area contributed by atoms with Crippen LogP contribution in [0, 0.1) is 0 Å². The molecule has 0 radical (unpaired) electrons. The molecule has 0 bridgehead atoms. The van der Waals surface area contributed by atoms with E-state index in [1.807, 2.05) is 66.7 Å². The van der Waals surface area contributed by atoms with Gasteiger partial charge >= 0.3 is 6.09 Å². The molecule has 5 heteroatoms. The summed E-state index contributed by atoms with van der Waals surface area (Å²) in [7, 11) is 0. The molecule has 30 heavy (non-hydrogen) atoms. The molecule has 2 aliphatic heterocycles. The molecule has 3 aromatic carbocycles. The molecule has 2 aliphatic rings. The van der Waals surface area contributed by atoms with Crippen molar-refractivity contribution in [3.8, 4) is 5.75 Å². The van der Waals surface area contributed by atoms with Crippen LogP contribution >= 0.6 is 11.8 Å². The second kappa shape index (κ2) is 7.10. The fraction of sp³-hybridized carbons (Fsp3) is 0.240.